The van der Waals surface area contributed by atoms with Crippen molar-refractivity contribution in [1.29, 1.82) is 0 Å². The first-order valence-electron chi connectivity index (χ1n) is 11.0. The molecule has 1 saturated heterocycles. The van der Waals surface area contributed by atoms with Crippen LogP contribution in [0.4, 0.5) is 0 Å². The van der Waals surface area contributed by atoms with Crippen molar-refractivity contribution in [3.63, 3.8) is 0 Å². The van der Waals surface area contributed by atoms with E-state index < -0.39 is 10.0 Å². The summed E-state index contributed by atoms with van der Waals surface area (Å²) in [5.41, 5.74) is 4.34. The van der Waals surface area contributed by atoms with Gasteiger partial charge in [0.15, 0.2) is 0 Å². The van der Waals surface area contributed by atoms with Crippen molar-refractivity contribution in [2.45, 2.75) is 39.0 Å². The first kappa shape index (κ1) is 22.7. The molecule has 0 saturated carbocycles. The maximum absolute atomic E-state index is 12.8. The topological polar surface area (TPSA) is 70.8 Å². The molecule has 4 rings (SSSR count). The molecular weight excluding hydrogens is 424 g/mol. The SMILES string of the molecule is Cc1cc2oc(=O)cc(CN3CCN(S(=O)(=O)Cc4ccccc4)CC3)c2cc1C(C)C. The molecule has 1 fully saturated rings. The van der Waals surface area contributed by atoms with Crippen LogP contribution < -0.4 is 5.63 Å². The molecule has 0 bridgehead atoms. The van der Waals surface area contributed by atoms with Crippen LogP contribution in [0.15, 0.2) is 57.7 Å². The number of rotatable bonds is 6. The molecule has 2 aromatic carbocycles. The number of aryl methyl sites for hydroxylation is 1. The van der Waals surface area contributed by atoms with Crippen molar-refractivity contribution in [3.8, 4) is 0 Å². The van der Waals surface area contributed by atoms with Crippen molar-refractivity contribution in [3.05, 3.63) is 81.2 Å². The van der Waals surface area contributed by atoms with Gasteiger partial charge < -0.3 is 4.42 Å². The van der Waals surface area contributed by atoms with E-state index in [0.29, 0.717) is 44.2 Å². The lowest BCUT2D eigenvalue weighted by Gasteiger charge is -2.34. The molecule has 7 heteroatoms. The van der Waals surface area contributed by atoms with E-state index in [1.54, 1.807) is 10.4 Å². The Morgan fingerprint density at radius 1 is 1.00 bits per heavy atom. The summed E-state index contributed by atoms with van der Waals surface area (Å²) in [6, 6.07) is 14.9. The zero-order valence-electron chi connectivity index (χ0n) is 18.9. The van der Waals surface area contributed by atoms with Crippen LogP contribution in [0, 0.1) is 6.92 Å². The molecule has 6 nitrogen and oxygen atoms in total. The van der Waals surface area contributed by atoms with Gasteiger partial charge in [-0.25, -0.2) is 13.2 Å². The second-order valence-corrected chi connectivity index (χ2v) is 10.8. The summed E-state index contributed by atoms with van der Waals surface area (Å²) in [5, 5.41) is 0.957. The highest BCUT2D eigenvalue weighted by Crippen LogP contribution is 2.27. The number of sulfonamides is 1. The highest BCUT2D eigenvalue weighted by molar-refractivity contribution is 7.88. The molecule has 0 amide bonds. The van der Waals surface area contributed by atoms with Crippen molar-refractivity contribution < 1.29 is 12.8 Å². The van der Waals surface area contributed by atoms with Crippen LogP contribution in [-0.2, 0) is 22.3 Å². The van der Waals surface area contributed by atoms with E-state index in [1.165, 1.54) is 5.56 Å². The molecule has 1 aliphatic heterocycles. The van der Waals surface area contributed by atoms with E-state index in [1.807, 2.05) is 43.3 Å². The molecule has 0 atom stereocenters. The summed E-state index contributed by atoms with van der Waals surface area (Å²) >= 11 is 0. The number of piperazine rings is 1. The quantitative estimate of drug-likeness (QED) is 0.529. The van der Waals surface area contributed by atoms with Crippen molar-refractivity contribution in [2.75, 3.05) is 26.2 Å². The minimum absolute atomic E-state index is 0.0234. The van der Waals surface area contributed by atoms with Gasteiger partial charge in [0.25, 0.3) is 0 Å². The Hall–Kier alpha value is -2.48. The molecule has 0 spiro atoms. The normalized spacial score (nSPS) is 16.1. The zero-order chi connectivity index (χ0) is 22.9. The highest BCUT2D eigenvalue weighted by Gasteiger charge is 2.27. The number of nitrogens with zero attached hydrogens (tertiary/aromatic N) is 2. The van der Waals surface area contributed by atoms with Crippen molar-refractivity contribution >= 4 is 21.0 Å². The van der Waals surface area contributed by atoms with Crippen LogP contribution in [0.1, 0.15) is 42.0 Å². The van der Waals surface area contributed by atoms with E-state index >= 15 is 0 Å². The molecule has 0 N–H and O–H groups in total. The van der Waals surface area contributed by atoms with Gasteiger partial charge in [-0.15, -0.1) is 0 Å². The van der Waals surface area contributed by atoms with Crippen LogP contribution >= 0.6 is 0 Å². The Balaban J connectivity index is 1.49. The van der Waals surface area contributed by atoms with Crippen LogP contribution in [0.25, 0.3) is 11.0 Å². The molecule has 32 heavy (non-hydrogen) atoms. The molecule has 0 aliphatic carbocycles. The zero-order valence-corrected chi connectivity index (χ0v) is 19.7. The van der Waals surface area contributed by atoms with Gasteiger partial charge >= 0.3 is 5.63 Å². The molecule has 0 radical (unpaired) electrons. The third-order valence-electron chi connectivity index (χ3n) is 6.15. The van der Waals surface area contributed by atoms with Gasteiger partial charge in [-0.1, -0.05) is 44.2 Å². The third-order valence-corrected chi connectivity index (χ3v) is 8.00. The molecule has 1 aliphatic rings. The van der Waals surface area contributed by atoms with Gasteiger partial charge in [0, 0.05) is 44.2 Å². The molecule has 3 aromatic rings. The highest BCUT2D eigenvalue weighted by atomic mass is 32.2. The minimum Gasteiger partial charge on any atom is -0.423 e. The van der Waals surface area contributed by atoms with Gasteiger partial charge in [-0.05, 0) is 47.2 Å². The summed E-state index contributed by atoms with van der Waals surface area (Å²) in [5.74, 6) is 0.396. The van der Waals surface area contributed by atoms with Gasteiger partial charge in [-0.2, -0.15) is 4.31 Å². The van der Waals surface area contributed by atoms with Gasteiger partial charge in [0.1, 0.15) is 5.58 Å². The lowest BCUT2D eigenvalue weighted by Crippen LogP contribution is -2.48. The number of fused-ring (bicyclic) bond motifs is 1. The summed E-state index contributed by atoms with van der Waals surface area (Å²) in [6.45, 7) is 9.09. The Kier molecular flexibility index (Phi) is 6.51. The molecule has 1 aromatic heterocycles. The van der Waals surface area contributed by atoms with E-state index in [9.17, 15) is 13.2 Å². The predicted octanol–water partition coefficient (Wildman–Crippen LogP) is 3.87. The summed E-state index contributed by atoms with van der Waals surface area (Å²) in [7, 11) is -3.35. The van der Waals surface area contributed by atoms with Gasteiger partial charge in [0.05, 0.1) is 5.75 Å². The fourth-order valence-electron chi connectivity index (χ4n) is 4.43. The van der Waals surface area contributed by atoms with E-state index in [-0.39, 0.29) is 11.4 Å². The van der Waals surface area contributed by atoms with Crippen LogP contribution in [0.2, 0.25) is 0 Å². The Morgan fingerprint density at radius 3 is 2.34 bits per heavy atom. The van der Waals surface area contributed by atoms with Gasteiger partial charge in [0.2, 0.25) is 10.0 Å². The van der Waals surface area contributed by atoms with Crippen LogP contribution in [0.3, 0.4) is 0 Å². The first-order valence-corrected chi connectivity index (χ1v) is 12.7. The number of hydrogen-bond acceptors (Lipinski definition) is 5. The van der Waals surface area contributed by atoms with Gasteiger partial charge in [-0.3, -0.25) is 4.90 Å². The Labute approximate surface area is 189 Å². The van der Waals surface area contributed by atoms with Crippen molar-refractivity contribution in [1.82, 2.24) is 9.21 Å². The lowest BCUT2D eigenvalue weighted by atomic mass is 9.95. The second-order valence-electron chi connectivity index (χ2n) is 8.87. The maximum Gasteiger partial charge on any atom is 0.336 e. The Morgan fingerprint density at radius 2 is 1.69 bits per heavy atom. The number of benzene rings is 2. The summed E-state index contributed by atoms with van der Waals surface area (Å²) in [6.07, 6.45) is 0. The first-order chi connectivity index (χ1) is 15.2. The minimum atomic E-state index is -3.35. The van der Waals surface area contributed by atoms with Crippen molar-refractivity contribution in [2.24, 2.45) is 0 Å². The molecule has 0 unspecified atom stereocenters. The summed E-state index contributed by atoms with van der Waals surface area (Å²) < 4.78 is 32.7. The fraction of sp³-hybridized carbons (Fsp3) is 0.400. The van der Waals surface area contributed by atoms with Crippen LogP contribution in [-0.4, -0.2) is 43.8 Å². The lowest BCUT2D eigenvalue weighted by molar-refractivity contribution is 0.182. The maximum atomic E-state index is 12.8. The fourth-order valence-corrected chi connectivity index (χ4v) is 5.94. The van der Waals surface area contributed by atoms with E-state index in [4.69, 9.17) is 4.42 Å². The Bertz CT molecular complexity index is 1260. The smallest absolute Gasteiger partial charge is 0.336 e. The second kappa shape index (κ2) is 9.17. The molecule has 170 valence electrons. The average Bonchev–Trinajstić information content (AvgIpc) is 2.73. The largest absolute Gasteiger partial charge is 0.423 e. The molecule has 2 heterocycles. The van der Waals surface area contributed by atoms with E-state index in [0.717, 1.165) is 22.1 Å². The molecular formula is C25H30N2O4S. The number of hydrogen-bond donors (Lipinski definition) is 0. The van der Waals surface area contributed by atoms with E-state index in [2.05, 4.69) is 24.8 Å². The summed E-state index contributed by atoms with van der Waals surface area (Å²) in [4.78, 5) is 14.4. The standard InChI is InChI=1S/C25H30N2O4S/c1-18(2)22-15-23-21(14-25(28)31-24(23)13-19(22)3)16-26-9-11-27(12-10-26)32(29,30)17-20-7-5-4-6-8-20/h4-8,13-15,18H,9-12,16-17H2,1-3H3. The predicted molar refractivity (Wildman–Crippen MR) is 127 cm³/mol. The third kappa shape index (κ3) is 4.95. The monoisotopic (exact) mass is 454 g/mol. The average molecular weight is 455 g/mol. The van der Waals surface area contributed by atoms with Crippen LogP contribution in [0.5, 0.6) is 0 Å².